The molecule has 0 saturated heterocycles. The van der Waals surface area contributed by atoms with Crippen LogP contribution in [0.4, 0.5) is 48.3 Å². The first-order valence-electron chi connectivity index (χ1n) is 14.3. The molecule has 11 heteroatoms. The lowest BCUT2D eigenvalue weighted by Gasteiger charge is -2.22. The van der Waals surface area contributed by atoms with Crippen LogP contribution in [0.1, 0.15) is 166 Å². The number of hydrogen-bond donors (Lipinski definition) is 0. The van der Waals surface area contributed by atoms with E-state index in [-0.39, 0.29) is 51.4 Å². The van der Waals surface area contributed by atoms with E-state index in [4.69, 9.17) is 0 Å². The second-order valence-corrected chi connectivity index (χ2v) is 17.1. The Morgan fingerprint density at radius 2 is 0.587 bits per heavy atom. The summed E-state index contributed by atoms with van der Waals surface area (Å²) >= 11 is 0. The van der Waals surface area contributed by atoms with E-state index in [1.807, 2.05) is 62.3 Å². The number of rotatable bonds is 3. The van der Waals surface area contributed by atoms with Gasteiger partial charge in [0.1, 0.15) is 6.17 Å². The van der Waals surface area contributed by atoms with E-state index >= 15 is 0 Å². The molecule has 0 nitrogen and oxygen atoms in total. The summed E-state index contributed by atoms with van der Waals surface area (Å²) in [5.74, 6) is -5.03. The highest BCUT2D eigenvalue weighted by atomic mass is 19.4. The highest BCUT2D eigenvalue weighted by molar-refractivity contribution is 4.74. The van der Waals surface area contributed by atoms with Crippen LogP contribution in [0.25, 0.3) is 0 Å². The first-order valence-corrected chi connectivity index (χ1v) is 14.3. The largest absolute Gasteiger partial charge is 0.389 e. The third-order valence-corrected chi connectivity index (χ3v) is 4.65. The first-order chi connectivity index (χ1) is 17.9. The first kappa shape index (κ1) is 63.8. The van der Waals surface area contributed by atoms with Crippen molar-refractivity contribution in [3.8, 4) is 0 Å². The third kappa shape index (κ3) is 69.8. The van der Waals surface area contributed by atoms with E-state index in [0.717, 1.165) is 13.8 Å². The zero-order valence-electron chi connectivity index (χ0n) is 30.0. The molecule has 0 heterocycles. The Morgan fingerprint density at radius 1 is 0.391 bits per heavy atom. The van der Waals surface area contributed by atoms with Gasteiger partial charge >= 0.3 is 6.18 Å². The van der Waals surface area contributed by atoms with Crippen molar-refractivity contribution in [1.29, 1.82) is 0 Å². The predicted molar refractivity (Wildman–Crippen MR) is 180 cm³/mol. The second-order valence-electron chi connectivity index (χ2n) is 17.1. The predicted octanol–water partition coefficient (Wildman–Crippen LogP) is 16.1. The molecule has 0 amide bonds. The van der Waals surface area contributed by atoms with E-state index in [9.17, 15) is 48.3 Å². The summed E-state index contributed by atoms with van der Waals surface area (Å²) in [6, 6.07) is 0. The summed E-state index contributed by atoms with van der Waals surface area (Å²) in [6.07, 6.45) is -10.4. The maximum absolute atomic E-state index is 12.3. The Balaban J connectivity index is -0.0000000645. The molecule has 0 saturated carbocycles. The minimum atomic E-state index is -4.02. The molecule has 0 aliphatic rings. The topological polar surface area (TPSA) is 0 Å². The average molecular weight is 705 g/mol. The Bertz CT molecular complexity index is 567. The van der Waals surface area contributed by atoms with Crippen molar-refractivity contribution in [2.24, 2.45) is 27.1 Å². The van der Waals surface area contributed by atoms with E-state index in [1.54, 1.807) is 27.7 Å². The highest BCUT2D eigenvalue weighted by Gasteiger charge is 2.34. The van der Waals surface area contributed by atoms with Gasteiger partial charge in [-0.15, -0.1) is 0 Å². The maximum Gasteiger partial charge on any atom is 0.389 e. The summed E-state index contributed by atoms with van der Waals surface area (Å²) in [6.45, 7) is 29.1. The van der Waals surface area contributed by atoms with Gasteiger partial charge in [0.2, 0.25) is 11.8 Å². The molecule has 0 N–H and O–H groups in total. The van der Waals surface area contributed by atoms with Gasteiger partial charge in [-0.25, -0.2) is 35.1 Å². The minimum Gasteiger partial charge on any atom is -0.247 e. The average Bonchev–Trinajstić information content (AvgIpc) is 2.51. The van der Waals surface area contributed by atoms with Gasteiger partial charge in [-0.1, -0.05) is 126 Å². The Labute approximate surface area is 278 Å². The van der Waals surface area contributed by atoms with Crippen LogP contribution in [0.2, 0.25) is 0 Å². The molecule has 0 aromatic carbocycles. The highest BCUT2D eigenvalue weighted by Crippen LogP contribution is 2.33. The van der Waals surface area contributed by atoms with Crippen LogP contribution < -0.4 is 0 Å². The van der Waals surface area contributed by atoms with Crippen LogP contribution in [-0.4, -0.2) is 36.8 Å². The van der Waals surface area contributed by atoms with Gasteiger partial charge in [0, 0.05) is 19.3 Å². The fourth-order valence-electron chi connectivity index (χ4n) is 2.84. The van der Waals surface area contributed by atoms with Crippen molar-refractivity contribution in [3.63, 3.8) is 0 Å². The molecule has 2 atom stereocenters. The molecule has 0 rings (SSSR count). The van der Waals surface area contributed by atoms with Crippen LogP contribution in [0, 0.1) is 27.1 Å². The van der Waals surface area contributed by atoms with Gasteiger partial charge in [-0.3, -0.25) is 0 Å². The van der Waals surface area contributed by atoms with Crippen LogP contribution in [0.3, 0.4) is 0 Å². The summed E-state index contributed by atoms with van der Waals surface area (Å²) < 4.78 is 131. The molecule has 0 spiro atoms. The second kappa shape index (κ2) is 23.6. The van der Waals surface area contributed by atoms with Gasteiger partial charge in [0.05, 0.1) is 0 Å². The molecule has 0 fully saturated rings. The van der Waals surface area contributed by atoms with Crippen molar-refractivity contribution in [1.82, 2.24) is 0 Å². The van der Waals surface area contributed by atoms with Gasteiger partial charge < -0.3 is 0 Å². The van der Waals surface area contributed by atoms with Crippen molar-refractivity contribution in [3.05, 3.63) is 0 Å². The van der Waals surface area contributed by atoms with Crippen LogP contribution in [0.15, 0.2) is 0 Å². The van der Waals surface area contributed by atoms with E-state index < -0.39 is 54.0 Å². The minimum absolute atomic E-state index is 0. The summed E-state index contributed by atoms with van der Waals surface area (Å²) in [5.41, 5.74) is -2.27. The standard InChI is InChI=1S/2C7H14F2.2C6H11F3.C6H13F.3CH4/c2*1-6(2,3)5-7(4,8)9;1-6(2,3)4(7)5(8)9;1-5(2,3)4-6(7,8)9;1-5(7)6(2,3)4;;;/h2*5H2,1-4H3;4-5H,1-3H3;4H2,1-3H3;5H,1-4H3;3*1H4. The molecule has 0 aliphatic heterocycles. The van der Waals surface area contributed by atoms with Gasteiger partial charge in [0.15, 0.2) is 6.17 Å². The van der Waals surface area contributed by atoms with Crippen LogP contribution >= 0.6 is 0 Å². The summed E-state index contributed by atoms with van der Waals surface area (Å²) in [5, 5.41) is 0. The molecule has 46 heavy (non-hydrogen) atoms. The zero-order valence-corrected chi connectivity index (χ0v) is 30.0. The number of halogens is 11. The Morgan fingerprint density at radius 3 is 0.587 bits per heavy atom. The van der Waals surface area contributed by atoms with Crippen molar-refractivity contribution >= 4 is 0 Å². The fourth-order valence-corrected chi connectivity index (χ4v) is 2.84. The zero-order chi connectivity index (χ0) is 36.9. The smallest absolute Gasteiger partial charge is 0.247 e. The van der Waals surface area contributed by atoms with E-state index in [2.05, 4.69) is 0 Å². The molecule has 0 aliphatic carbocycles. The third-order valence-electron chi connectivity index (χ3n) is 4.65. The quantitative estimate of drug-likeness (QED) is 0.257. The molecular weight excluding hydrogens is 629 g/mol. The molecule has 0 aromatic rings. The number of alkyl halides is 11. The molecule has 0 radical (unpaired) electrons. The van der Waals surface area contributed by atoms with Gasteiger partial charge in [-0.2, -0.15) is 13.2 Å². The van der Waals surface area contributed by atoms with E-state index in [0.29, 0.717) is 0 Å². The van der Waals surface area contributed by atoms with Gasteiger partial charge in [0.25, 0.3) is 6.43 Å². The fraction of sp³-hybridized carbons (Fsp3) is 1.00. The molecule has 292 valence electrons. The lowest BCUT2D eigenvalue weighted by molar-refractivity contribution is -0.152. The van der Waals surface area contributed by atoms with Crippen LogP contribution in [0.5, 0.6) is 0 Å². The molecular formula is C35H75F11. The summed E-state index contributed by atoms with van der Waals surface area (Å²) in [7, 11) is 0. The van der Waals surface area contributed by atoms with Crippen LogP contribution in [-0.2, 0) is 0 Å². The van der Waals surface area contributed by atoms with Crippen molar-refractivity contribution in [2.75, 3.05) is 0 Å². The SMILES string of the molecule is C.C.C.CC(C)(C)C(F)C(F)F.CC(C)(C)CC(C)(F)F.CC(C)(C)CC(C)(F)F.CC(C)(C)CC(F)(F)F.CC(F)C(C)(C)C. The summed E-state index contributed by atoms with van der Waals surface area (Å²) in [4.78, 5) is 0. The number of hydrogen-bond acceptors (Lipinski definition) is 0. The Kier molecular flexibility index (Phi) is 32.7. The van der Waals surface area contributed by atoms with Crippen molar-refractivity contribution < 1.29 is 48.3 Å². The monoisotopic (exact) mass is 705 g/mol. The molecule has 0 aromatic heterocycles. The Hall–Kier alpha value is -0.770. The van der Waals surface area contributed by atoms with Crippen molar-refractivity contribution in [2.45, 2.75) is 203 Å². The molecule has 2 unspecified atom stereocenters. The van der Waals surface area contributed by atoms with E-state index in [1.165, 1.54) is 20.8 Å². The lowest BCUT2D eigenvalue weighted by Crippen LogP contribution is -2.28. The van der Waals surface area contributed by atoms with Gasteiger partial charge in [-0.05, 0) is 47.8 Å². The normalized spacial score (nSPS) is 14.0. The molecule has 0 bridgehead atoms. The maximum atomic E-state index is 12.3. The lowest BCUT2D eigenvalue weighted by atomic mass is 9.89.